The molecule has 4 rings (SSSR count). The lowest BCUT2D eigenvalue weighted by molar-refractivity contribution is -0.137. The number of piperidine rings is 1. The normalized spacial score (nSPS) is 24.2. The van der Waals surface area contributed by atoms with Crippen molar-refractivity contribution in [3.05, 3.63) is 24.3 Å². The molecule has 3 amide bonds. The average molecular weight is 414 g/mol. The summed E-state index contributed by atoms with van der Waals surface area (Å²) in [4.78, 5) is 44.0. The van der Waals surface area contributed by atoms with Gasteiger partial charge in [-0.2, -0.15) is 0 Å². The zero-order valence-corrected chi connectivity index (χ0v) is 17.7. The number of carbonyl (C=O) groups is 3. The van der Waals surface area contributed by atoms with Crippen LogP contribution in [0.3, 0.4) is 0 Å². The van der Waals surface area contributed by atoms with Crippen LogP contribution in [0.1, 0.15) is 44.9 Å². The van der Waals surface area contributed by atoms with E-state index in [2.05, 4.69) is 4.90 Å². The molecule has 1 atom stereocenters. The fourth-order valence-electron chi connectivity index (χ4n) is 4.91. The van der Waals surface area contributed by atoms with Gasteiger partial charge < -0.3 is 9.64 Å². The first-order valence-corrected chi connectivity index (χ1v) is 11.1. The van der Waals surface area contributed by atoms with E-state index in [0.717, 1.165) is 38.8 Å². The first-order chi connectivity index (χ1) is 14.6. The van der Waals surface area contributed by atoms with Crippen molar-refractivity contribution < 1.29 is 19.1 Å². The number of imide groups is 1. The van der Waals surface area contributed by atoms with Gasteiger partial charge in [-0.3, -0.25) is 19.3 Å². The van der Waals surface area contributed by atoms with Gasteiger partial charge in [0.25, 0.3) is 5.91 Å². The number of hydrogen-bond acceptors (Lipinski definition) is 5. The van der Waals surface area contributed by atoms with Gasteiger partial charge in [0.15, 0.2) is 0 Å². The van der Waals surface area contributed by atoms with Crippen molar-refractivity contribution in [3.63, 3.8) is 0 Å². The third kappa shape index (κ3) is 4.21. The van der Waals surface area contributed by atoms with Gasteiger partial charge in [-0.1, -0.05) is 12.8 Å². The summed E-state index contributed by atoms with van der Waals surface area (Å²) in [6.45, 7) is 3.13. The second-order valence-corrected chi connectivity index (χ2v) is 8.54. The number of likely N-dealkylation sites (tertiary alicyclic amines) is 2. The highest BCUT2D eigenvalue weighted by Gasteiger charge is 2.44. The van der Waals surface area contributed by atoms with Crippen molar-refractivity contribution >= 4 is 23.4 Å². The minimum Gasteiger partial charge on any atom is -0.497 e. The molecule has 3 heterocycles. The third-order valence-corrected chi connectivity index (χ3v) is 6.69. The lowest BCUT2D eigenvalue weighted by Gasteiger charge is -2.36. The average Bonchev–Trinajstić information content (AvgIpc) is 2.94. The molecule has 0 spiro atoms. The molecule has 0 N–H and O–H groups in total. The Hall–Kier alpha value is -2.41. The molecule has 0 unspecified atom stereocenters. The van der Waals surface area contributed by atoms with E-state index in [9.17, 15) is 14.4 Å². The Morgan fingerprint density at radius 2 is 1.57 bits per heavy atom. The summed E-state index contributed by atoms with van der Waals surface area (Å²) in [5.41, 5.74) is 0.583. The van der Waals surface area contributed by atoms with E-state index in [1.54, 1.807) is 31.4 Å². The van der Waals surface area contributed by atoms with Crippen LogP contribution in [0.2, 0.25) is 0 Å². The van der Waals surface area contributed by atoms with Crippen molar-refractivity contribution in [2.75, 3.05) is 38.2 Å². The van der Waals surface area contributed by atoms with E-state index >= 15 is 0 Å². The van der Waals surface area contributed by atoms with E-state index < -0.39 is 6.04 Å². The molecule has 0 aromatic heterocycles. The molecule has 7 nitrogen and oxygen atoms in total. The number of hydrogen-bond donors (Lipinski definition) is 0. The van der Waals surface area contributed by atoms with Crippen LogP contribution in [-0.2, 0) is 14.4 Å². The van der Waals surface area contributed by atoms with Gasteiger partial charge in [-0.05, 0) is 63.0 Å². The molecule has 0 bridgehead atoms. The Morgan fingerprint density at radius 1 is 0.933 bits per heavy atom. The standard InChI is InChI=1S/C23H31N3O4/c1-30-19-8-6-18(7-9-19)26-21(27)16-20(23(26)29)24-14-10-17(11-15-24)22(28)25-12-4-2-3-5-13-25/h6-9,17,20H,2-5,10-16H2,1H3/t20-/m1/s1. The summed E-state index contributed by atoms with van der Waals surface area (Å²) in [6.07, 6.45) is 6.35. The predicted molar refractivity (Wildman–Crippen MR) is 113 cm³/mol. The fraction of sp³-hybridized carbons (Fsp3) is 0.609. The van der Waals surface area contributed by atoms with Gasteiger partial charge >= 0.3 is 0 Å². The molecular formula is C23H31N3O4. The molecule has 0 radical (unpaired) electrons. The molecule has 1 aromatic rings. The number of nitrogens with zero attached hydrogens (tertiary/aromatic N) is 3. The van der Waals surface area contributed by atoms with Gasteiger partial charge in [0.1, 0.15) is 5.75 Å². The predicted octanol–water partition coefficient (Wildman–Crippen LogP) is 2.44. The second-order valence-electron chi connectivity index (χ2n) is 8.54. The first kappa shape index (κ1) is 20.8. The molecule has 0 saturated carbocycles. The topological polar surface area (TPSA) is 70.2 Å². The maximum Gasteiger partial charge on any atom is 0.251 e. The summed E-state index contributed by atoms with van der Waals surface area (Å²) in [5.74, 6) is 0.681. The van der Waals surface area contributed by atoms with Crippen LogP contribution in [-0.4, -0.2) is 66.9 Å². The minimum atomic E-state index is -0.422. The monoisotopic (exact) mass is 413 g/mol. The van der Waals surface area contributed by atoms with Crippen molar-refractivity contribution in [2.45, 2.75) is 51.0 Å². The van der Waals surface area contributed by atoms with E-state index in [4.69, 9.17) is 4.74 Å². The largest absolute Gasteiger partial charge is 0.497 e. The minimum absolute atomic E-state index is 0.0456. The Bertz CT molecular complexity index is 778. The Morgan fingerprint density at radius 3 is 2.17 bits per heavy atom. The molecule has 7 heteroatoms. The maximum atomic E-state index is 13.0. The SMILES string of the molecule is COc1ccc(N2C(=O)C[C@@H](N3CCC(C(=O)N4CCCCCC4)CC3)C2=O)cc1. The number of anilines is 1. The molecular weight excluding hydrogens is 382 g/mol. The van der Waals surface area contributed by atoms with E-state index in [-0.39, 0.29) is 30.1 Å². The fourth-order valence-corrected chi connectivity index (χ4v) is 4.91. The van der Waals surface area contributed by atoms with Crippen molar-refractivity contribution in [2.24, 2.45) is 5.92 Å². The summed E-state index contributed by atoms with van der Waals surface area (Å²) < 4.78 is 5.15. The van der Waals surface area contributed by atoms with E-state index in [1.807, 2.05) is 4.90 Å². The zero-order chi connectivity index (χ0) is 21.1. The van der Waals surface area contributed by atoms with Crippen LogP contribution in [0.15, 0.2) is 24.3 Å². The van der Waals surface area contributed by atoms with E-state index in [0.29, 0.717) is 24.5 Å². The maximum absolute atomic E-state index is 13.0. The van der Waals surface area contributed by atoms with Gasteiger partial charge in [-0.25, -0.2) is 4.90 Å². The van der Waals surface area contributed by atoms with Gasteiger partial charge in [-0.15, -0.1) is 0 Å². The van der Waals surface area contributed by atoms with Crippen LogP contribution in [0, 0.1) is 5.92 Å². The summed E-state index contributed by atoms with van der Waals surface area (Å²) in [7, 11) is 1.58. The van der Waals surface area contributed by atoms with Crippen LogP contribution in [0.4, 0.5) is 5.69 Å². The van der Waals surface area contributed by atoms with Crippen LogP contribution < -0.4 is 9.64 Å². The Balaban J connectivity index is 1.36. The number of amides is 3. The highest BCUT2D eigenvalue weighted by Crippen LogP contribution is 2.30. The van der Waals surface area contributed by atoms with Crippen LogP contribution in [0.25, 0.3) is 0 Å². The molecule has 1 aromatic carbocycles. The van der Waals surface area contributed by atoms with Gasteiger partial charge in [0.05, 0.1) is 25.3 Å². The summed E-state index contributed by atoms with van der Waals surface area (Å²) >= 11 is 0. The molecule has 3 fully saturated rings. The first-order valence-electron chi connectivity index (χ1n) is 11.1. The molecule has 162 valence electrons. The zero-order valence-electron chi connectivity index (χ0n) is 17.7. The lowest BCUT2D eigenvalue weighted by Crippen LogP contribution is -2.48. The number of methoxy groups -OCH3 is 1. The van der Waals surface area contributed by atoms with Crippen LogP contribution in [0.5, 0.6) is 5.75 Å². The summed E-state index contributed by atoms with van der Waals surface area (Å²) in [6, 6.07) is 6.56. The third-order valence-electron chi connectivity index (χ3n) is 6.69. The Kier molecular flexibility index (Phi) is 6.37. The quantitative estimate of drug-likeness (QED) is 0.709. The number of rotatable bonds is 4. The highest BCUT2D eigenvalue weighted by molar-refractivity contribution is 6.22. The number of carbonyl (C=O) groups excluding carboxylic acids is 3. The highest BCUT2D eigenvalue weighted by atomic mass is 16.5. The molecule has 3 aliphatic heterocycles. The van der Waals surface area contributed by atoms with Crippen molar-refractivity contribution in [1.29, 1.82) is 0 Å². The molecule has 0 aliphatic carbocycles. The van der Waals surface area contributed by atoms with E-state index in [1.165, 1.54) is 17.7 Å². The van der Waals surface area contributed by atoms with Crippen LogP contribution >= 0.6 is 0 Å². The van der Waals surface area contributed by atoms with Gasteiger partial charge in [0, 0.05) is 19.0 Å². The Labute approximate surface area is 177 Å². The summed E-state index contributed by atoms with van der Waals surface area (Å²) in [5, 5.41) is 0. The van der Waals surface area contributed by atoms with Crippen molar-refractivity contribution in [1.82, 2.24) is 9.80 Å². The van der Waals surface area contributed by atoms with Crippen molar-refractivity contribution in [3.8, 4) is 5.75 Å². The molecule has 30 heavy (non-hydrogen) atoms. The second kappa shape index (κ2) is 9.16. The number of ether oxygens (including phenoxy) is 1. The lowest BCUT2D eigenvalue weighted by atomic mass is 9.94. The van der Waals surface area contributed by atoms with Gasteiger partial charge in [0.2, 0.25) is 11.8 Å². The number of benzene rings is 1. The molecule has 3 saturated heterocycles. The smallest absolute Gasteiger partial charge is 0.251 e. The molecule has 3 aliphatic rings.